The molecule has 0 aliphatic heterocycles. The number of anilines is 1. The highest BCUT2D eigenvalue weighted by molar-refractivity contribution is 5.92. The van der Waals surface area contributed by atoms with Crippen molar-refractivity contribution in [2.24, 2.45) is 0 Å². The molecule has 0 heterocycles. The van der Waals surface area contributed by atoms with E-state index in [1.165, 1.54) is 7.11 Å². The van der Waals surface area contributed by atoms with E-state index in [-0.39, 0.29) is 25.0 Å². The maximum Gasteiger partial charge on any atom is 0.319 e. The number of carbonyl (C=O) groups is 2. The molecule has 0 saturated carbocycles. The molecule has 1 aromatic carbocycles. The Balaban J connectivity index is 2.52. The van der Waals surface area contributed by atoms with Crippen molar-refractivity contribution in [2.45, 2.75) is 20.3 Å². The molecule has 0 aliphatic carbocycles. The van der Waals surface area contributed by atoms with Crippen LogP contribution < -0.4 is 5.32 Å². The van der Waals surface area contributed by atoms with E-state index in [0.29, 0.717) is 6.54 Å². The molecule has 1 amide bonds. The summed E-state index contributed by atoms with van der Waals surface area (Å²) < 4.78 is 4.63. The third kappa shape index (κ3) is 5.84. The quantitative estimate of drug-likeness (QED) is 0.773. The minimum Gasteiger partial charge on any atom is -0.468 e. The molecule has 0 radical (unpaired) electrons. The second kappa shape index (κ2) is 8.32. The third-order valence-corrected chi connectivity index (χ3v) is 2.82. The van der Waals surface area contributed by atoms with Crippen molar-refractivity contribution in [1.29, 1.82) is 0 Å². The van der Waals surface area contributed by atoms with Crippen molar-refractivity contribution >= 4 is 17.6 Å². The zero-order chi connectivity index (χ0) is 15.0. The summed E-state index contributed by atoms with van der Waals surface area (Å²) in [6, 6.07) is 7.59. The average molecular weight is 278 g/mol. The molecule has 110 valence electrons. The fourth-order valence-corrected chi connectivity index (χ4v) is 1.82. The molecule has 5 nitrogen and oxygen atoms in total. The molecule has 0 unspecified atom stereocenters. The first-order valence-electron chi connectivity index (χ1n) is 6.70. The number of nitrogens with one attached hydrogen (secondary N) is 1. The lowest BCUT2D eigenvalue weighted by atomic mass is 10.2. The summed E-state index contributed by atoms with van der Waals surface area (Å²) in [6.45, 7) is 4.98. The number of esters is 1. The number of aryl methyl sites for hydroxylation is 1. The Kier molecular flexibility index (Phi) is 6.73. The Labute approximate surface area is 119 Å². The van der Waals surface area contributed by atoms with Crippen molar-refractivity contribution in [3.63, 3.8) is 0 Å². The van der Waals surface area contributed by atoms with Gasteiger partial charge in [-0.25, -0.2) is 0 Å². The monoisotopic (exact) mass is 278 g/mol. The molecule has 0 saturated heterocycles. The van der Waals surface area contributed by atoms with Gasteiger partial charge in [0.2, 0.25) is 5.91 Å². The van der Waals surface area contributed by atoms with Gasteiger partial charge in [-0.15, -0.1) is 0 Å². The summed E-state index contributed by atoms with van der Waals surface area (Å²) in [5.41, 5.74) is 1.90. The van der Waals surface area contributed by atoms with Gasteiger partial charge in [0.15, 0.2) is 0 Å². The van der Waals surface area contributed by atoms with E-state index >= 15 is 0 Å². The highest BCUT2D eigenvalue weighted by Crippen LogP contribution is 2.08. The van der Waals surface area contributed by atoms with Gasteiger partial charge in [-0.2, -0.15) is 0 Å². The molecular formula is C15H22N2O3. The summed E-state index contributed by atoms with van der Waals surface area (Å²) in [4.78, 5) is 25.0. The second-order valence-electron chi connectivity index (χ2n) is 4.70. The van der Waals surface area contributed by atoms with E-state index in [1.54, 1.807) is 4.90 Å². The normalized spacial score (nSPS) is 10.4. The summed E-state index contributed by atoms with van der Waals surface area (Å²) in [5, 5.41) is 2.82. The number of carbonyl (C=O) groups excluding carboxylic acids is 2. The van der Waals surface area contributed by atoms with Crippen LogP contribution in [0.3, 0.4) is 0 Å². The van der Waals surface area contributed by atoms with E-state index in [4.69, 9.17) is 0 Å². The van der Waals surface area contributed by atoms with E-state index in [9.17, 15) is 9.59 Å². The van der Waals surface area contributed by atoms with Gasteiger partial charge in [-0.05, 0) is 32.0 Å². The molecule has 0 aliphatic rings. The summed E-state index contributed by atoms with van der Waals surface area (Å²) >= 11 is 0. The Morgan fingerprint density at radius 1 is 1.20 bits per heavy atom. The lowest BCUT2D eigenvalue weighted by Crippen LogP contribution is -2.37. The number of nitrogens with zero attached hydrogens (tertiary/aromatic N) is 1. The largest absolute Gasteiger partial charge is 0.468 e. The maximum absolute atomic E-state index is 11.9. The predicted octanol–water partition coefficient (Wildman–Crippen LogP) is 1.82. The van der Waals surface area contributed by atoms with Crippen LogP contribution in [0.25, 0.3) is 0 Å². The summed E-state index contributed by atoms with van der Waals surface area (Å²) in [7, 11) is 1.35. The van der Waals surface area contributed by atoms with Crippen molar-refractivity contribution in [1.82, 2.24) is 4.90 Å². The van der Waals surface area contributed by atoms with Crippen LogP contribution in [-0.2, 0) is 14.3 Å². The molecule has 1 aromatic rings. The van der Waals surface area contributed by atoms with Crippen molar-refractivity contribution in [3.8, 4) is 0 Å². The van der Waals surface area contributed by atoms with Crippen LogP contribution >= 0.6 is 0 Å². The van der Waals surface area contributed by atoms with Gasteiger partial charge in [0.05, 0.1) is 20.2 Å². The summed E-state index contributed by atoms with van der Waals surface area (Å²) in [6.07, 6.45) is 0.870. The fourth-order valence-electron chi connectivity index (χ4n) is 1.82. The van der Waals surface area contributed by atoms with Crippen LogP contribution in [0.5, 0.6) is 0 Å². The van der Waals surface area contributed by atoms with Crippen LogP contribution in [0.4, 0.5) is 5.69 Å². The SMILES string of the molecule is CCCN(CC(=O)Nc1ccc(C)cc1)CC(=O)OC. The molecule has 0 fully saturated rings. The third-order valence-electron chi connectivity index (χ3n) is 2.82. The Hall–Kier alpha value is -1.88. The van der Waals surface area contributed by atoms with Crippen LogP contribution in [0.1, 0.15) is 18.9 Å². The summed E-state index contributed by atoms with van der Waals surface area (Å²) in [5.74, 6) is -0.465. The predicted molar refractivity (Wildman–Crippen MR) is 78.6 cm³/mol. The molecular weight excluding hydrogens is 256 g/mol. The van der Waals surface area contributed by atoms with Gasteiger partial charge in [-0.1, -0.05) is 24.6 Å². The van der Waals surface area contributed by atoms with Gasteiger partial charge in [0.25, 0.3) is 0 Å². The molecule has 5 heteroatoms. The van der Waals surface area contributed by atoms with Gasteiger partial charge in [0.1, 0.15) is 0 Å². The second-order valence-corrected chi connectivity index (χ2v) is 4.70. The zero-order valence-electron chi connectivity index (χ0n) is 12.3. The molecule has 0 atom stereocenters. The minimum absolute atomic E-state index is 0.131. The number of benzene rings is 1. The average Bonchev–Trinajstić information content (AvgIpc) is 2.41. The molecule has 0 aromatic heterocycles. The topological polar surface area (TPSA) is 58.6 Å². The molecule has 0 bridgehead atoms. The van der Waals surface area contributed by atoms with Crippen molar-refractivity contribution < 1.29 is 14.3 Å². The number of hydrogen-bond acceptors (Lipinski definition) is 4. The zero-order valence-corrected chi connectivity index (χ0v) is 12.3. The van der Waals surface area contributed by atoms with E-state index in [2.05, 4.69) is 10.1 Å². The van der Waals surface area contributed by atoms with E-state index in [1.807, 2.05) is 38.1 Å². The Morgan fingerprint density at radius 2 is 1.85 bits per heavy atom. The molecule has 1 rings (SSSR count). The number of rotatable bonds is 7. The minimum atomic E-state index is -0.332. The maximum atomic E-state index is 11.9. The van der Waals surface area contributed by atoms with Gasteiger partial charge in [-0.3, -0.25) is 14.5 Å². The van der Waals surface area contributed by atoms with Gasteiger partial charge < -0.3 is 10.1 Å². The van der Waals surface area contributed by atoms with Crippen LogP contribution in [0.15, 0.2) is 24.3 Å². The first-order valence-corrected chi connectivity index (χ1v) is 6.70. The van der Waals surface area contributed by atoms with Gasteiger partial charge in [0, 0.05) is 5.69 Å². The number of amides is 1. The highest BCUT2D eigenvalue weighted by atomic mass is 16.5. The molecule has 1 N–H and O–H groups in total. The van der Waals surface area contributed by atoms with Crippen molar-refractivity contribution in [3.05, 3.63) is 29.8 Å². The lowest BCUT2D eigenvalue weighted by molar-refractivity contribution is -0.142. The van der Waals surface area contributed by atoms with Crippen LogP contribution in [0, 0.1) is 6.92 Å². The van der Waals surface area contributed by atoms with Crippen LogP contribution in [-0.4, -0.2) is 43.5 Å². The highest BCUT2D eigenvalue weighted by Gasteiger charge is 2.14. The van der Waals surface area contributed by atoms with E-state index < -0.39 is 0 Å². The smallest absolute Gasteiger partial charge is 0.319 e. The Morgan fingerprint density at radius 3 is 2.40 bits per heavy atom. The number of methoxy groups -OCH3 is 1. The lowest BCUT2D eigenvalue weighted by Gasteiger charge is -2.19. The standard InChI is InChI=1S/C15H22N2O3/c1-4-9-17(11-15(19)20-3)10-14(18)16-13-7-5-12(2)6-8-13/h5-8H,4,9-11H2,1-3H3,(H,16,18). The first kappa shape index (κ1) is 16.2. The number of hydrogen-bond donors (Lipinski definition) is 1. The van der Waals surface area contributed by atoms with E-state index in [0.717, 1.165) is 17.7 Å². The van der Waals surface area contributed by atoms with Gasteiger partial charge >= 0.3 is 5.97 Å². The number of ether oxygens (including phenoxy) is 1. The van der Waals surface area contributed by atoms with Crippen molar-refractivity contribution in [2.75, 3.05) is 32.1 Å². The molecule has 20 heavy (non-hydrogen) atoms. The Bertz CT molecular complexity index is 443. The molecule has 0 spiro atoms. The van der Waals surface area contributed by atoms with Crippen LogP contribution in [0.2, 0.25) is 0 Å². The fraction of sp³-hybridized carbons (Fsp3) is 0.467. The first-order chi connectivity index (χ1) is 9.55.